The van der Waals surface area contributed by atoms with E-state index >= 15 is 0 Å². The van der Waals surface area contributed by atoms with Gasteiger partial charge in [-0.2, -0.15) is 0 Å². The minimum Gasteiger partial charge on any atom is -0.454 e. The van der Waals surface area contributed by atoms with E-state index in [1.54, 1.807) is 47.4 Å². The Morgan fingerprint density at radius 3 is 2.50 bits per heavy atom. The lowest BCUT2D eigenvalue weighted by Crippen LogP contribution is -2.48. The van der Waals surface area contributed by atoms with Gasteiger partial charge in [0.25, 0.3) is 11.5 Å². The van der Waals surface area contributed by atoms with Crippen molar-refractivity contribution >= 4 is 5.91 Å². The van der Waals surface area contributed by atoms with Crippen molar-refractivity contribution in [2.45, 2.75) is 13.1 Å². The zero-order valence-corrected chi connectivity index (χ0v) is 15.5. The summed E-state index contributed by atoms with van der Waals surface area (Å²) in [4.78, 5) is 32.7. The molecule has 0 N–H and O–H groups in total. The average Bonchev–Trinajstić information content (AvgIpc) is 3.19. The molecule has 0 radical (unpaired) electrons. The van der Waals surface area contributed by atoms with Gasteiger partial charge in [-0.05, 0) is 35.9 Å². The monoisotopic (exact) mass is 378 g/mol. The first kappa shape index (κ1) is 18.2. The van der Waals surface area contributed by atoms with E-state index < -0.39 is 0 Å². The van der Waals surface area contributed by atoms with Crippen LogP contribution in [0, 0.1) is 0 Å². The van der Waals surface area contributed by atoms with Gasteiger partial charge in [0.05, 0.1) is 6.54 Å². The lowest BCUT2D eigenvalue weighted by molar-refractivity contribution is 0.0596. The molecule has 0 aromatic carbocycles. The highest BCUT2D eigenvalue weighted by atomic mass is 16.4. The number of hydrogen-bond acceptors (Lipinski definition) is 5. The van der Waals surface area contributed by atoms with Gasteiger partial charge in [-0.25, -0.2) is 0 Å². The van der Waals surface area contributed by atoms with Crippen molar-refractivity contribution in [3.8, 4) is 0 Å². The zero-order valence-electron chi connectivity index (χ0n) is 15.5. The molecule has 144 valence electrons. The standard InChI is InChI=1S/C21H22N4O3/c26-20-3-1-2-10-25(20)16-18-4-5-19(28-18)21(27)24-13-11-23(12-14-24)15-17-6-8-22-9-7-17/h1-10H,11-16H2. The second-order valence-corrected chi connectivity index (χ2v) is 6.86. The lowest BCUT2D eigenvalue weighted by Gasteiger charge is -2.34. The molecule has 3 aromatic heterocycles. The van der Waals surface area contributed by atoms with Gasteiger partial charge in [-0.3, -0.25) is 19.5 Å². The number of carbonyl (C=O) groups excluding carboxylic acids is 1. The van der Waals surface area contributed by atoms with E-state index in [4.69, 9.17) is 4.42 Å². The molecule has 0 bridgehead atoms. The number of rotatable bonds is 5. The molecule has 0 spiro atoms. The Bertz CT molecular complexity index is 988. The van der Waals surface area contributed by atoms with Crippen LogP contribution in [0.4, 0.5) is 0 Å². The Balaban J connectivity index is 1.34. The number of carbonyl (C=O) groups is 1. The number of furan rings is 1. The maximum Gasteiger partial charge on any atom is 0.289 e. The van der Waals surface area contributed by atoms with Crippen LogP contribution in [0.25, 0.3) is 0 Å². The molecule has 1 amide bonds. The zero-order chi connectivity index (χ0) is 19.3. The second-order valence-electron chi connectivity index (χ2n) is 6.86. The molecule has 0 saturated carbocycles. The van der Waals surface area contributed by atoms with Crippen LogP contribution in [0.2, 0.25) is 0 Å². The number of hydrogen-bond donors (Lipinski definition) is 0. The molecule has 1 aliphatic heterocycles. The van der Waals surface area contributed by atoms with Gasteiger partial charge < -0.3 is 13.9 Å². The van der Waals surface area contributed by atoms with E-state index in [1.165, 1.54) is 11.6 Å². The topological polar surface area (TPSA) is 71.6 Å². The first-order chi connectivity index (χ1) is 13.7. The van der Waals surface area contributed by atoms with Crippen LogP contribution >= 0.6 is 0 Å². The summed E-state index contributed by atoms with van der Waals surface area (Å²) in [6.07, 6.45) is 5.30. The third-order valence-electron chi connectivity index (χ3n) is 4.91. The van der Waals surface area contributed by atoms with Crippen molar-refractivity contribution in [3.05, 3.63) is 88.5 Å². The van der Waals surface area contributed by atoms with Crippen LogP contribution in [-0.4, -0.2) is 51.4 Å². The van der Waals surface area contributed by atoms with Gasteiger partial charge >= 0.3 is 0 Å². The maximum absolute atomic E-state index is 12.7. The smallest absolute Gasteiger partial charge is 0.289 e. The molecular weight excluding hydrogens is 356 g/mol. The van der Waals surface area contributed by atoms with Gasteiger partial charge in [0.2, 0.25) is 0 Å². The molecule has 0 atom stereocenters. The van der Waals surface area contributed by atoms with Crippen molar-refractivity contribution in [1.29, 1.82) is 0 Å². The highest BCUT2D eigenvalue weighted by molar-refractivity contribution is 5.91. The van der Waals surface area contributed by atoms with Crippen molar-refractivity contribution < 1.29 is 9.21 Å². The summed E-state index contributed by atoms with van der Waals surface area (Å²) >= 11 is 0. The normalized spacial score (nSPS) is 14.9. The third kappa shape index (κ3) is 4.20. The Morgan fingerprint density at radius 1 is 0.964 bits per heavy atom. The Morgan fingerprint density at radius 2 is 1.75 bits per heavy atom. The van der Waals surface area contributed by atoms with E-state index in [0.29, 0.717) is 31.2 Å². The van der Waals surface area contributed by atoms with E-state index in [-0.39, 0.29) is 11.5 Å². The summed E-state index contributed by atoms with van der Waals surface area (Å²) in [6, 6.07) is 12.5. The third-order valence-corrected chi connectivity index (χ3v) is 4.91. The summed E-state index contributed by atoms with van der Waals surface area (Å²) < 4.78 is 7.26. The van der Waals surface area contributed by atoms with Crippen LogP contribution in [0.5, 0.6) is 0 Å². The van der Waals surface area contributed by atoms with E-state index in [2.05, 4.69) is 9.88 Å². The highest BCUT2D eigenvalue weighted by Gasteiger charge is 2.24. The first-order valence-electron chi connectivity index (χ1n) is 9.34. The van der Waals surface area contributed by atoms with Crippen molar-refractivity contribution in [2.75, 3.05) is 26.2 Å². The maximum atomic E-state index is 12.7. The van der Waals surface area contributed by atoms with Gasteiger partial charge in [0, 0.05) is 57.4 Å². The fourth-order valence-corrected chi connectivity index (χ4v) is 3.35. The number of aromatic nitrogens is 2. The first-order valence-corrected chi connectivity index (χ1v) is 9.34. The number of amides is 1. The van der Waals surface area contributed by atoms with Crippen LogP contribution < -0.4 is 5.56 Å². The quantitative estimate of drug-likeness (QED) is 0.678. The van der Waals surface area contributed by atoms with Gasteiger partial charge in [-0.15, -0.1) is 0 Å². The number of nitrogens with zero attached hydrogens (tertiary/aromatic N) is 4. The SMILES string of the molecule is O=C(c1ccc(Cn2ccccc2=O)o1)N1CCN(Cc2ccncc2)CC1. The van der Waals surface area contributed by atoms with Gasteiger partial charge in [-0.1, -0.05) is 6.07 Å². The average molecular weight is 378 g/mol. The molecule has 1 saturated heterocycles. The fraction of sp³-hybridized carbons (Fsp3) is 0.286. The minimum absolute atomic E-state index is 0.0999. The Kier molecular flexibility index (Phi) is 5.34. The minimum atomic E-state index is -0.102. The summed E-state index contributed by atoms with van der Waals surface area (Å²) in [5, 5.41) is 0. The molecular formula is C21H22N4O3. The number of piperazine rings is 1. The van der Waals surface area contributed by atoms with Crippen LogP contribution in [0.1, 0.15) is 21.9 Å². The van der Waals surface area contributed by atoms with Crippen LogP contribution in [0.15, 0.2) is 70.3 Å². The summed E-state index contributed by atoms with van der Waals surface area (Å²) in [7, 11) is 0. The Hall–Kier alpha value is -3.19. The highest BCUT2D eigenvalue weighted by Crippen LogP contribution is 2.14. The molecule has 3 aromatic rings. The molecule has 0 aliphatic carbocycles. The van der Waals surface area contributed by atoms with Gasteiger partial charge in [0.15, 0.2) is 5.76 Å². The lowest BCUT2D eigenvalue weighted by atomic mass is 10.2. The predicted octanol–water partition coefficient (Wildman–Crippen LogP) is 1.84. The fourth-order valence-electron chi connectivity index (χ4n) is 3.35. The van der Waals surface area contributed by atoms with Gasteiger partial charge in [0.1, 0.15) is 5.76 Å². The molecule has 7 nitrogen and oxygen atoms in total. The molecule has 1 fully saturated rings. The molecule has 0 unspecified atom stereocenters. The van der Waals surface area contributed by atoms with Crippen molar-refractivity contribution in [1.82, 2.24) is 19.4 Å². The van der Waals surface area contributed by atoms with Crippen LogP contribution in [-0.2, 0) is 13.1 Å². The van der Waals surface area contributed by atoms with Crippen LogP contribution in [0.3, 0.4) is 0 Å². The summed E-state index contributed by atoms with van der Waals surface area (Å²) in [5.74, 6) is 0.810. The summed E-state index contributed by atoms with van der Waals surface area (Å²) in [5.41, 5.74) is 1.12. The Labute approximate surface area is 162 Å². The van der Waals surface area contributed by atoms with E-state index in [1.807, 2.05) is 17.0 Å². The molecule has 28 heavy (non-hydrogen) atoms. The van der Waals surface area contributed by atoms with E-state index in [0.717, 1.165) is 19.6 Å². The second kappa shape index (κ2) is 8.22. The molecule has 1 aliphatic rings. The predicted molar refractivity (Wildman–Crippen MR) is 104 cm³/mol. The van der Waals surface area contributed by atoms with E-state index in [9.17, 15) is 9.59 Å². The van der Waals surface area contributed by atoms with Crippen molar-refractivity contribution in [2.24, 2.45) is 0 Å². The molecule has 4 rings (SSSR count). The van der Waals surface area contributed by atoms with Crippen molar-refractivity contribution in [3.63, 3.8) is 0 Å². The number of pyridine rings is 2. The summed E-state index contributed by atoms with van der Waals surface area (Å²) in [6.45, 7) is 4.15. The largest absolute Gasteiger partial charge is 0.454 e. The molecule has 4 heterocycles. The molecule has 7 heteroatoms.